The van der Waals surface area contributed by atoms with E-state index in [4.69, 9.17) is 0 Å². The molecule has 1 fully saturated rings. The van der Waals surface area contributed by atoms with Gasteiger partial charge in [0, 0.05) is 24.2 Å². The number of pyridine rings is 1. The molecule has 1 atom stereocenters. The Balaban J connectivity index is 1.66. The number of aromatic nitrogens is 1. The van der Waals surface area contributed by atoms with Gasteiger partial charge in [0.15, 0.2) is 0 Å². The molecule has 0 bridgehead atoms. The second-order valence-electron chi connectivity index (χ2n) is 6.27. The Bertz CT molecular complexity index is 571. The zero-order valence-corrected chi connectivity index (χ0v) is 12.5. The fourth-order valence-electron chi connectivity index (χ4n) is 3.31. The predicted octanol–water partition coefficient (Wildman–Crippen LogP) is 3.90. The van der Waals surface area contributed by atoms with Crippen LogP contribution in [0.2, 0.25) is 0 Å². The Kier molecular flexibility index (Phi) is 4.02. The van der Waals surface area contributed by atoms with Crippen molar-refractivity contribution in [3.05, 3.63) is 42.1 Å². The monoisotopic (exact) mass is 268 g/mol. The van der Waals surface area contributed by atoms with E-state index < -0.39 is 0 Å². The molecule has 20 heavy (non-hydrogen) atoms. The zero-order chi connectivity index (χ0) is 13.9. The van der Waals surface area contributed by atoms with Gasteiger partial charge in [-0.25, -0.2) is 0 Å². The fourth-order valence-corrected chi connectivity index (χ4v) is 3.31. The molecule has 0 N–H and O–H groups in total. The Morgan fingerprint density at radius 1 is 1.25 bits per heavy atom. The SMILES string of the molecule is CC(C)N1CCC(CCc2cccc3ncccc23)C1. The molecule has 1 aliphatic rings. The van der Waals surface area contributed by atoms with Gasteiger partial charge in [0.05, 0.1) is 5.52 Å². The van der Waals surface area contributed by atoms with E-state index in [1.807, 2.05) is 12.3 Å². The first-order valence-electron chi connectivity index (χ1n) is 7.80. The van der Waals surface area contributed by atoms with Crippen molar-refractivity contribution < 1.29 is 0 Å². The van der Waals surface area contributed by atoms with Gasteiger partial charge in [0.2, 0.25) is 0 Å². The highest BCUT2D eigenvalue weighted by Gasteiger charge is 2.23. The van der Waals surface area contributed by atoms with E-state index in [0.29, 0.717) is 6.04 Å². The van der Waals surface area contributed by atoms with Crippen LogP contribution >= 0.6 is 0 Å². The van der Waals surface area contributed by atoms with E-state index in [9.17, 15) is 0 Å². The molecule has 106 valence electrons. The molecule has 1 aromatic heterocycles. The quantitative estimate of drug-likeness (QED) is 0.836. The summed E-state index contributed by atoms with van der Waals surface area (Å²) < 4.78 is 0. The predicted molar refractivity (Wildman–Crippen MR) is 84.9 cm³/mol. The van der Waals surface area contributed by atoms with Gasteiger partial charge < -0.3 is 4.90 Å². The van der Waals surface area contributed by atoms with Crippen LogP contribution in [0.4, 0.5) is 0 Å². The number of aryl methyl sites for hydroxylation is 1. The van der Waals surface area contributed by atoms with Crippen molar-refractivity contribution >= 4 is 10.9 Å². The standard InChI is InChI=1S/C18H24N2/c1-14(2)20-12-10-15(13-20)8-9-16-5-3-7-18-17(16)6-4-11-19-18/h3-7,11,14-15H,8-10,12-13H2,1-2H3. The number of benzene rings is 1. The first-order chi connectivity index (χ1) is 9.74. The third-order valence-electron chi connectivity index (χ3n) is 4.61. The molecule has 2 heterocycles. The third-order valence-corrected chi connectivity index (χ3v) is 4.61. The molecule has 2 aromatic rings. The minimum Gasteiger partial charge on any atom is -0.301 e. The minimum atomic E-state index is 0.696. The maximum absolute atomic E-state index is 4.45. The van der Waals surface area contributed by atoms with E-state index in [1.165, 1.54) is 43.3 Å². The number of rotatable bonds is 4. The molecule has 0 spiro atoms. The molecule has 1 unspecified atom stereocenters. The molecule has 3 rings (SSSR count). The Morgan fingerprint density at radius 2 is 2.15 bits per heavy atom. The van der Waals surface area contributed by atoms with Crippen molar-refractivity contribution in [1.29, 1.82) is 0 Å². The fraction of sp³-hybridized carbons (Fsp3) is 0.500. The lowest BCUT2D eigenvalue weighted by Crippen LogP contribution is -2.28. The van der Waals surface area contributed by atoms with Crippen LogP contribution in [0.5, 0.6) is 0 Å². The molecular weight excluding hydrogens is 244 g/mol. The van der Waals surface area contributed by atoms with Crippen LogP contribution in [0.15, 0.2) is 36.5 Å². The van der Waals surface area contributed by atoms with E-state index >= 15 is 0 Å². The van der Waals surface area contributed by atoms with Crippen LogP contribution in [-0.4, -0.2) is 29.0 Å². The molecule has 2 heteroatoms. The average molecular weight is 268 g/mol. The number of hydrogen-bond donors (Lipinski definition) is 0. The summed E-state index contributed by atoms with van der Waals surface area (Å²) in [5.41, 5.74) is 2.58. The summed E-state index contributed by atoms with van der Waals surface area (Å²) in [6.07, 6.45) is 5.72. The molecule has 1 saturated heterocycles. The van der Waals surface area contributed by atoms with Gasteiger partial charge in [0.1, 0.15) is 0 Å². The van der Waals surface area contributed by atoms with Crippen LogP contribution in [-0.2, 0) is 6.42 Å². The maximum Gasteiger partial charge on any atom is 0.0704 e. The zero-order valence-electron chi connectivity index (χ0n) is 12.5. The number of fused-ring (bicyclic) bond motifs is 1. The molecule has 1 aromatic carbocycles. The highest BCUT2D eigenvalue weighted by atomic mass is 15.2. The summed E-state index contributed by atoms with van der Waals surface area (Å²) in [7, 11) is 0. The van der Waals surface area contributed by atoms with Crippen LogP contribution < -0.4 is 0 Å². The molecule has 1 aliphatic heterocycles. The summed E-state index contributed by atoms with van der Waals surface area (Å²) in [6.45, 7) is 7.16. The van der Waals surface area contributed by atoms with Crippen molar-refractivity contribution in [2.75, 3.05) is 13.1 Å². The molecule has 2 nitrogen and oxygen atoms in total. The van der Waals surface area contributed by atoms with Gasteiger partial charge in [0.25, 0.3) is 0 Å². The number of nitrogens with zero attached hydrogens (tertiary/aromatic N) is 2. The molecular formula is C18H24N2. The van der Waals surface area contributed by atoms with E-state index in [-0.39, 0.29) is 0 Å². The summed E-state index contributed by atoms with van der Waals surface area (Å²) in [6, 6.07) is 11.4. The Hall–Kier alpha value is -1.41. The van der Waals surface area contributed by atoms with Gasteiger partial charge in [-0.2, -0.15) is 0 Å². The first-order valence-corrected chi connectivity index (χ1v) is 7.80. The van der Waals surface area contributed by atoms with Crippen LogP contribution in [0.25, 0.3) is 10.9 Å². The molecule has 0 amide bonds. The van der Waals surface area contributed by atoms with Gasteiger partial charge in [-0.15, -0.1) is 0 Å². The highest BCUT2D eigenvalue weighted by Crippen LogP contribution is 2.25. The van der Waals surface area contributed by atoms with E-state index in [1.54, 1.807) is 0 Å². The van der Waals surface area contributed by atoms with Gasteiger partial charge in [-0.05, 0) is 63.3 Å². The maximum atomic E-state index is 4.45. The first kappa shape index (κ1) is 13.6. The second kappa shape index (κ2) is 5.92. The number of likely N-dealkylation sites (tertiary alicyclic amines) is 1. The highest BCUT2D eigenvalue weighted by molar-refractivity contribution is 5.81. The van der Waals surface area contributed by atoms with Crippen LogP contribution in [0.3, 0.4) is 0 Å². The van der Waals surface area contributed by atoms with E-state index in [0.717, 1.165) is 11.4 Å². The smallest absolute Gasteiger partial charge is 0.0704 e. The van der Waals surface area contributed by atoms with Crippen molar-refractivity contribution in [2.45, 2.75) is 39.2 Å². The summed E-state index contributed by atoms with van der Waals surface area (Å²) in [4.78, 5) is 7.06. The van der Waals surface area contributed by atoms with E-state index in [2.05, 4.69) is 48.0 Å². The average Bonchev–Trinajstić information content (AvgIpc) is 2.94. The Labute approximate surface area is 121 Å². The van der Waals surface area contributed by atoms with Crippen molar-refractivity contribution in [1.82, 2.24) is 9.88 Å². The van der Waals surface area contributed by atoms with Crippen LogP contribution in [0.1, 0.15) is 32.3 Å². The second-order valence-corrected chi connectivity index (χ2v) is 6.27. The normalized spacial score (nSPS) is 20.1. The van der Waals surface area contributed by atoms with Gasteiger partial charge in [-0.1, -0.05) is 18.2 Å². The number of hydrogen-bond acceptors (Lipinski definition) is 2. The summed E-state index contributed by atoms with van der Waals surface area (Å²) >= 11 is 0. The van der Waals surface area contributed by atoms with Crippen molar-refractivity contribution in [3.63, 3.8) is 0 Å². The molecule has 0 aliphatic carbocycles. The molecule has 0 radical (unpaired) electrons. The van der Waals surface area contributed by atoms with Gasteiger partial charge >= 0.3 is 0 Å². The van der Waals surface area contributed by atoms with Crippen LogP contribution in [0, 0.1) is 5.92 Å². The lowest BCUT2D eigenvalue weighted by atomic mass is 9.96. The minimum absolute atomic E-state index is 0.696. The van der Waals surface area contributed by atoms with Gasteiger partial charge in [-0.3, -0.25) is 4.98 Å². The summed E-state index contributed by atoms with van der Waals surface area (Å²) in [5, 5.41) is 1.33. The summed E-state index contributed by atoms with van der Waals surface area (Å²) in [5.74, 6) is 0.865. The largest absolute Gasteiger partial charge is 0.301 e. The topological polar surface area (TPSA) is 16.1 Å². The molecule has 0 saturated carbocycles. The third kappa shape index (κ3) is 2.85. The van der Waals surface area contributed by atoms with Crippen molar-refractivity contribution in [2.24, 2.45) is 5.92 Å². The Morgan fingerprint density at radius 3 is 2.95 bits per heavy atom. The lowest BCUT2D eigenvalue weighted by Gasteiger charge is -2.20. The lowest BCUT2D eigenvalue weighted by molar-refractivity contribution is 0.263. The van der Waals surface area contributed by atoms with Crippen molar-refractivity contribution in [3.8, 4) is 0 Å².